The zero-order valence-corrected chi connectivity index (χ0v) is 10.7. The Morgan fingerprint density at radius 3 is 2.33 bits per heavy atom. The molecule has 0 rings (SSSR count). The van der Waals surface area contributed by atoms with Crippen LogP contribution in [-0.2, 0) is 4.79 Å². The largest absolute Gasteiger partial charge is 0.341 e. The van der Waals surface area contributed by atoms with Gasteiger partial charge >= 0.3 is 0 Å². The molecule has 88 valence electrons. The van der Waals surface area contributed by atoms with Gasteiger partial charge in [0.2, 0.25) is 5.91 Å². The number of unbranched alkanes of at least 4 members (excludes halogenated alkanes) is 3. The van der Waals surface area contributed by atoms with Gasteiger partial charge < -0.3 is 4.90 Å². The summed E-state index contributed by atoms with van der Waals surface area (Å²) >= 11 is 0. The lowest BCUT2D eigenvalue weighted by molar-refractivity contribution is -0.134. The smallest absolute Gasteiger partial charge is 0.222 e. The van der Waals surface area contributed by atoms with Crippen LogP contribution in [0.3, 0.4) is 0 Å². The lowest BCUT2D eigenvalue weighted by Gasteiger charge is -2.32. The summed E-state index contributed by atoms with van der Waals surface area (Å²) in [6.07, 6.45) is 6.93. The van der Waals surface area contributed by atoms with Crippen LogP contribution in [-0.4, -0.2) is 23.4 Å². The summed E-state index contributed by atoms with van der Waals surface area (Å²) in [5.74, 6) is 0.251. The van der Waals surface area contributed by atoms with E-state index in [2.05, 4.69) is 27.4 Å². The van der Waals surface area contributed by atoms with Crippen molar-refractivity contribution in [2.24, 2.45) is 0 Å². The minimum Gasteiger partial charge on any atom is -0.341 e. The van der Waals surface area contributed by atoms with Gasteiger partial charge in [0.1, 0.15) is 0 Å². The predicted molar refractivity (Wildman–Crippen MR) is 65.8 cm³/mol. The highest BCUT2D eigenvalue weighted by Gasteiger charge is 2.21. The van der Waals surface area contributed by atoms with Crippen molar-refractivity contribution in [3.63, 3.8) is 0 Å². The molecule has 0 heterocycles. The summed E-state index contributed by atoms with van der Waals surface area (Å²) in [5, 5.41) is 0. The Balaban J connectivity index is 3.70. The number of hydrogen-bond acceptors (Lipinski definition) is 1. The van der Waals surface area contributed by atoms with Gasteiger partial charge in [-0.25, -0.2) is 0 Å². The van der Waals surface area contributed by atoms with E-state index in [1.807, 2.05) is 18.0 Å². The molecule has 0 unspecified atom stereocenters. The number of allylic oxidation sites excluding steroid dienone is 1. The van der Waals surface area contributed by atoms with Crippen LogP contribution >= 0.6 is 0 Å². The normalized spacial score (nSPS) is 11.2. The third-order valence-corrected chi connectivity index (χ3v) is 2.68. The molecule has 0 aliphatic rings. The Morgan fingerprint density at radius 1 is 1.27 bits per heavy atom. The summed E-state index contributed by atoms with van der Waals surface area (Å²) in [7, 11) is 1.88. The third-order valence-electron chi connectivity index (χ3n) is 2.68. The topological polar surface area (TPSA) is 20.3 Å². The standard InChI is InChI=1S/C13H25NO/c1-6-7-8-9-10-11-12(15)14(5)13(2,3)4/h6H,1,7-11H2,2-5H3. The summed E-state index contributed by atoms with van der Waals surface area (Å²) < 4.78 is 0. The Bertz CT molecular complexity index is 203. The third kappa shape index (κ3) is 6.32. The van der Waals surface area contributed by atoms with E-state index in [0.717, 1.165) is 25.7 Å². The number of amides is 1. The lowest BCUT2D eigenvalue weighted by atomic mass is 10.1. The van der Waals surface area contributed by atoms with Gasteiger partial charge in [-0.05, 0) is 40.0 Å². The van der Waals surface area contributed by atoms with Crippen molar-refractivity contribution in [1.82, 2.24) is 4.90 Å². The van der Waals surface area contributed by atoms with E-state index in [1.165, 1.54) is 0 Å². The number of carbonyl (C=O) groups is 1. The van der Waals surface area contributed by atoms with Gasteiger partial charge in [-0.15, -0.1) is 6.58 Å². The molecule has 0 fully saturated rings. The first-order valence-electron chi connectivity index (χ1n) is 5.77. The van der Waals surface area contributed by atoms with E-state index in [4.69, 9.17) is 0 Å². The highest BCUT2D eigenvalue weighted by Crippen LogP contribution is 2.13. The van der Waals surface area contributed by atoms with Crippen molar-refractivity contribution in [3.8, 4) is 0 Å². The first kappa shape index (κ1) is 14.2. The van der Waals surface area contributed by atoms with E-state index >= 15 is 0 Å². The molecule has 0 N–H and O–H groups in total. The van der Waals surface area contributed by atoms with Crippen LogP contribution in [0.4, 0.5) is 0 Å². The lowest BCUT2D eigenvalue weighted by Crippen LogP contribution is -2.42. The van der Waals surface area contributed by atoms with Crippen molar-refractivity contribution in [1.29, 1.82) is 0 Å². The Labute approximate surface area is 94.4 Å². The molecule has 15 heavy (non-hydrogen) atoms. The van der Waals surface area contributed by atoms with Crippen LogP contribution in [0, 0.1) is 0 Å². The van der Waals surface area contributed by atoms with E-state index in [0.29, 0.717) is 6.42 Å². The van der Waals surface area contributed by atoms with E-state index < -0.39 is 0 Å². The van der Waals surface area contributed by atoms with Gasteiger partial charge in [-0.2, -0.15) is 0 Å². The summed E-state index contributed by atoms with van der Waals surface area (Å²) in [6, 6.07) is 0. The van der Waals surface area contributed by atoms with Gasteiger partial charge in [0, 0.05) is 19.0 Å². The SMILES string of the molecule is C=CCCCCCC(=O)N(C)C(C)(C)C. The fourth-order valence-corrected chi connectivity index (χ4v) is 1.28. The molecular weight excluding hydrogens is 186 g/mol. The van der Waals surface area contributed by atoms with Gasteiger partial charge in [0.05, 0.1) is 0 Å². The predicted octanol–water partition coefficient (Wildman–Crippen LogP) is 3.38. The molecule has 2 heteroatoms. The average Bonchev–Trinajstić information content (AvgIpc) is 2.14. The van der Waals surface area contributed by atoms with Crippen molar-refractivity contribution in [2.75, 3.05) is 7.05 Å². The van der Waals surface area contributed by atoms with Crippen LogP contribution in [0.5, 0.6) is 0 Å². The molecule has 0 radical (unpaired) electrons. The molecule has 1 amide bonds. The molecule has 0 saturated carbocycles. The summed E-state index contributed by atoms with van der Waals surface area (Å²) in [4.78, 5) is 13.6. The maximum atomic E-state index is 11.7. The fourth-order valence-electron chi connectivity index (χ4n) is 1.28. The van der Waals surface area contributed by atoms with Gasteiger partial charge in [-0.3, -0.25) is 4.79 Å². The monoisotopic (exact) mass is 211 g/mol. The zero-order chi connectivity index (χ0) is 11.9. The summed E-state index contributed by atoms with van der Waals surface area (Å²) in [5.41, 5.74) is -0.0573. The van der Waals surface area contributed by atoms with Crippen LogP contribution in [0.2, 0.25) is 0 Å². The molecule has 0 atom stereocenters. The van der Waals surface area contributed by atoms with Crippen molar-refractivity contribution < 1.29 is 4.79 Å². The second-order valence-corrected chi connectivity index (χ2v) is 5.01. The Kier molecular flexibility index (Phi) is 6.30. The molecule has 0 aromatic heterocycles. The number of rotatable bonds is 6. The molecule has 0 aliphatic heterocycles. The van der Waals surface area contributed by atoms with Crippen LogP contribution in [0.25, 0.3) is 0 Å². The molecule has 0 saturated heterocycles. The van der Waals surface area contributed by atoms with Crippen molar-refractivity contribution in [2.45, 2.75) is 58.4 Å². The fraction of sp³-hybridized carbons (Fsp3) is 0.769. The second-order valence-electron chi connectivity index (χ2n) is 5.01. The zero-order valence-electron chi connectivity index (χ0n) is 10.7. The van der Waals surface area contributed by atoms with E-state index in [-0.39, 0.29) is 11.4 Å². The number of hydrogen-bond donors (Lipinski definition) is 0. The Hall–Kier alpha value is -0.790. The van der Waals surface area contributed by atoms with Crippen LogP contribution in [0.1, 0.15) is 52.9 Å². The molecule has 0 aromatic rings. The average molecular weight is 211 g/mol. The molecule has 0 bridgehead atoms. The maximum absolute atomic E-state index is 11.7. The molecule has 0 aromatic carbocycles. The molecule has 0 aliphatic carbocycles. The highest BCUT2D eigenvalue weighted by atomic mass is 16.2. The minimum absolute atomic E-state index is 0.0573. The second kappa shape index (κ2) is 6.65. The van der Waals surface area contributed by atoms with Gasteiger partial charge in [0.25, 0.3) is 0 Å². The Morgan fingerprint density at radius 2 is 1.87 bits per heavy atom. The number of carbonyl (C=O) groups excluding carboxylic acids is 1. The van der Waals surface area contributed by atoms with Crippen molar-refractivity contribution >= 4 is 5.91 Å². The van der Waals surface area contributed by atoms with Crippen molar-refractivity contribution in [3.05, 3.63) is 12.7 Å². The summed E-state index contributed by atoms with van der Waals surface area (Å²) in [6.45, 7) is 9.85. The van der Waals surface area contributed by atoms with Gasteiger partial charge in [0.15, 0.2) is 0 Å². The number of nitrogens with zero attached hydrogens (tertiary/aromatic N) is 1. The quantitative estimate of drug-likeness (QED) is 0.487. The van der Waals surface area contributed by atoms with Crippen LogP contribution < -0.4 is 0 Å². The first-order valence-corrected chi connectivity index (χ1v) is 5.77. The van der Waals surface area contributed by atoms with Crippen LogP contribution in [0.15, 0.2) is 12.7 Å². The first-order chi connectivity index (χ1) is 6.89. The minimum atomic E-state index is -0.0573. The maximum Gasteiger partial charge on any atom is 0.222 e. The van der Waals surface area contributed by atoms with E-state index in [9.17, 15) is 4.79 Å². The van der Waals surface area contributed by atoms with E-state index in [1.54, 1.807) is 0 Å². The molecule has 0 spiro atoms. The highest BCUT2D eigenvalue weighted by molar-refractivity contribution is 5.76. The molecule has 2 nitrogen and oxygen atoms in total. The molecular formula is C13H25NO. The van der Waals surface area contributed by atoms with Gasteiger partial charge in [-0.1, -0.05) is 12.5 Å².